The Bertz CT molecular complexity index is 769. The minimum atomic E-state index is -0.264. The molecule has 0 aliphatic heterocycles. The van der Waals surface area contributed by atoms with Crippen molar-refractivity contribution in [2.24, 2.45) is 4.99 Å². The van der Waals surface area contributed by atoms with E-state index in [2.05, 4.69) is 20.9 Å². The number of hydrogen-bond acceptors (Lipinski definition) is 3. The number of rotatable bonds is 8. The van der Waals surface area contributed by atoms with Crippen LogP contribution in [0.1, 0.15) is 22.8 Å². The van der Waals surface area contributed by atoms with Gasteiger partial charge < -0.3 is 20.7 Å². The highest BCUT2D eigenvalue weighted by molar-refractivity contribution is 14.0. The zero-order chi connectivity index (χ0) is 19.5. The van der Waals surface area contributed by atoms with Crippen LogP contribution in [-0.2, 0) is 6.54 Å². The predicted octanol–water partition coefficient (Wildman–Crippen LogP) is 2.94. The summed E-state index contributed by atoms with van der Waals surface area (Å²) in [5.74, 6) is 0.851. The van der Waals surface area contributed by atoms with E-state index >= 15 is 0 Å². The normalized spacial score (nSPS) is 10.6. The van der Waals surface area contributed by atoms with Crippen molar-refractivity contribution in [3.63, 3.8) is 0 Å². The Morgan fingerprint density at radius 3 is 2.46 bits per heavy atom. The third-order valence-corrected chi connectivity index (χ3v) is 3.71. The molecular formula is C20H26FIN4O2. The van der Waals surface area contributed by atoms with Crippen molar-refractivity contribution in [2.45, 2.75) is 13.5 Å². The van der Waals surface area contributed by atoms with Gasteiger partial charge in [-0.2, -0.15) is 0 Å². The molecule has 0 aromatic heterocycles. The molecule has 0 heterocycles. The summed E-state index contributed by atoms with van der Waals surface area (Å²) in [6.45, 7) is 4.08. The first-order valence-electron chi connectivity index (χ1n) is 8.81. The van der Waals surface area contributed by atoms with Gasteiger partial charge >= 0.3 is 0 Å². The number of halogens is 2. The van der Waals surface area contributed by atoms with Crippen LogP contribution in [0.4, 0.5) is 4.39 Å². The van der Waals surface area contributed by atoms with Crippen molar-refractivity contribution in [2.75, 3.05) is 26.7 Å². The van der Waals surface area contributed by atoms with Crippen molar-refractivity contribution in [3.8, 4) is 5.75 Å². The molecule has 0 fully saturated rings. The molecule has 0 saturated heterocycles. The lowest BCUT2D eigenvalue weighted by Gasteiger charge is -2.12. The number of nitrogens with zero attached hydrogens (tertiary/aromatic N) is 1. The Kier molecular flexibility index (Phi) is 10.9. The van der Waals surface area contributed by atoms with E-state index in [0.717, 1.165) is 5.56 Å². The summed E-state index contributed by atoms with van der Waals surface area (Å²) in [5.41, 5.74) is 1.46. The molecule has 0 atom stereocenters. The fraction of sp³-hybridized carbons (Fsp3) is 0.300. The fourth-order valence-electron chi connectivity index (χ4n) is 2.33. The smallest absolute Gasteiger partial charge is 0.251 e. The molecular weight excluding hydrogens is 474 g/mol. The van der Waals surface area contributed by atoms with E-state index < -0.39 is 0 Å². The second-order valence-corrected chi connectivity index (χ2v) is 5.74. The standard InChI is InChI=1S/C20H25FN4O2.HI/c1-3-22-20(25-14-15-7-9-17(21)10-8-15)24-12-11-23-19(26)16-5-4-6-18(13-16)27-2;/h4-10,13H,3,11-12,14H2,1-2H3,(H,23,26)(H2,22,24,25);1H. The van der Waals surface area contributed by atoms with Crippen LogP contribution >= 0.6 is 24.0 Å². The highest BCUT2D eigenvalue weighted by atomic mass is 127. The molecule has 0 unspecified atom stereocenters. The van der Waals surface area contributed by atoms with Crippen molar-refractivity contribution >= 4 is 35.8 Å². The third-order valence-electron chi connectivity index (χ3n) is 3.71. The first-order valence-corrected chi connectivity index (χ1v) is 8.81. The molecule has 0 aliphatic carbocycles. The number of amides is 1. The van der Waals surface area contributed by atoms with E-state index in [9.17, 15) is 9.18 Å². The van der Waals surface area contributed by atoms with Crippen molar-refractivity contribution in [1.29, 1.82) is 0 Å². The molecule has 2 aromatic carbocycles. The summed E-state index contributed by atoms with van der Waals surface area (Å²) < 4.78 is 18.1. The number of carbonyl (C=O) groups excluding carboxylic acids is 1. The average Bonchev–Trinajstić information content (AvgIpc) is 2.70. The minimum absolute atomic E-state index is 0. The first kappa shape index (κ1) is 23.7. The molecule has 0 saturated carbocycles. The van der Waals surface area contributed by atoms with Crippen molar-refractivity contribution in [3.05, 3.63) is 65.5 Å². The Morgan fingerprint density at radius 2 is 1.79 bits per heavy atom. The highest BCUT2D eigenvalue weighted by Crippen LogP contribution is 2.12. The summed E-state index contributed by atoms with van der Waals surface area (Å²) in [6.07, 6.45) is 0. The minimum Gasteiger partial charge on any atom is -0.497 e. The van der Waals surface area contributed by atoms with Gasteiger partial charge in [0.05, 0.1) is 13.7 Å². The van der Waals surface area contributed by atoms with Crippen LogP contribution in [0.15, 0.2) is 53.5 Å². The van der Waals surface area contributed by atoms with Gasteiger partial charge in [-0.05, 0) is 42.8 Å². The van der Waals surface area contributed by atoms with Gasteiger partial charge in [0.25, 0.3) is 5.91 Å². The Balaban J connectivity index is 0.00000392. The number of hydrogen-bond donors (Lipinski definition) is 3. The molecule has 0 radical (unpaired) electrons. The summed E-state index contributed by atoms with van der Waals surface area (Å²) in [4.78, 5) is 16.6. The molecule has 2 rings (SSSR count). The summed E-state index contributed by atoms with van der Waals surface area (Å²) >= 11 is 0. The van der Waals surface area contributed by atoms with E-state index in [-0.39, 0.29) is 35.7 Å². The van der Waals surface area contributed by atoms with Crippen molar-refractivity contribution in [1.82, 2.24) is 16.0 Å². The molecule has 152 valence electrons. The highest BCUT2D eigenvalue weighted by Gasteiger charge is 2.06. The van der Waals surface area contributed by atoms with Crippen molar-refractivity contribution < 1.29 is 13.9 Å². The van der Waals surface area contributed by atoms with Gasteiger partial charge in [0.2, 0.25) is 0 Å². The predicted molar refractivity (Wildman–Crippen MR) is 120 cm³/mol. The molecule has 28 heavy (non-hydrogen) atoms. The zero-order valence-corrected chi connectivity index (χ0v) is 18.3. The number of benzene rings is 2. The SMILES string of the molecule is CCNC(=NCc1ccc(F)cc1)NCCNC(=O)c1cccc(OC)c1.I. The molecule has 8 heteroatoms. The molecule has 0 spiro atoms. The monoisotopic (exact) mass is 500 g/mol. The van der Waals surface area contributed by atoms with Gasteiger partial charge in [-0.1, -0.05) is 18.2 Å². The summed E-state index contributed by atoms with van der Waals surface area (Å²) in [6, 6.07) is 13.2. The maximum Gasteiger partial charge on any atom is 0.251 e. The van der Waals surface area contributed by atoms with E-state index in [1.165, 1.54) is 12.1 Å². The molecule has 1 amide bonds. The summed E-state index contributed by atoms with van der Waals surface area (Å²) in [7, 11) is 1.56. The van der Waals surface area contributed by atoms with E-state index in [0.29, 0.717) is 43.5 Å². The number of nitrogens with one attached hydrogen (secondary N) is 3. The van der Waals surface area contributed by atoms with Crippen LogP contribution in [0.3, 0.4) is 0 Å². The zero-order valence-electron chi connectivity index (χ0n) is 16.0. The maximum absolute atomic E-state index is 12.9. The number of methoxy groups -OCH3 is 1. The number of aliphatic imine (C=N–C) groups is 1. The Hall–Kier alpha value is -2.36. The third kappa shape index (κ3) is 8.12. The quantitative estimate of drug-likeness (QED) is 0.226. The fourth-order valence-corrected chi connectivity index (χ4v) is 2.33. The largest absolute Gasteiger partial charge is 0.497 e. The summed E-state index contributed by atoms with van der Waals surface area (Å²) in [5, 5.41) is 9.14. The van der Waals surface area contributed by atoms with Gasteiger partial charge in [0.15, 0.2) is 5.96 Å². The molecule has 2 aromatic rings. The van der Waals surface area contributed by atoms with Gasteiger partial charge in [0, 0.05) is 25.2 Å². The van der Waals surface area contributed by atoms with Gasteiger partial charge in [0.1, 0.15) is 11.6 Å². The average molecular weight is 500 g/mol. The second-order valence-electron chi connectivity index (χ2n) is 5.74. The second kappa shape index (κ2) is 12.9. The molecule has 6 nitrogen and oxygen atoms in total. The Morgan fingerprint density at radius 1 is 1.07 bits per heavy atom. The van der Waals surface area contributed by atoms with E-state index in [1.54, 1.807) is 43.5 Å². The Labute approximate surface area is 182 Å². The van der Waals surface area contributed by atoms with Crippen LogP contribution in [-0.4, -0.2) is 38.6 Å². The van der Waals surface area contributed by atoms with Crippen LogP contribution in [0, 0.1) is 5.82 Å². The lowest BCUT2D eigenvalue weighted by Crippen LogP contribution is -2.41. The number of ether oxygens (including phenoxy) is 1. The number of guanidine groups is 1. The van der Waals surface area contributed by atoms with Crippen LogP contribution < -0.4 is 20.7 Å². The molecule has 0 bridgehead atoms. The first-order chi connectivity index (χ1) is 13.1. The van der Waals surface area contributed by atoms with Crippen LogP contribution in [0.5, 0.6) is 5.75 Å². The topological polar surface area (TPSA) is 74.8 Å². The van der Waals surface area contributed by atoms with Gasteiger partial charge in [-0.3, -0.25) is 4.79 Å². The maximum atomic E-state index is 12.9. The van der Waals surface area contributed by atoms with Gasteiger partial charge in [-0.25, -0.2) is 9.38 Å². The van der Waals surface area contributed by atoms with Crippen LogP contribution in [0.25, 0.3) is 0 Å². The molecule has 3 N–H and O–H groups in total. The molecule has 0 aliphatic rings. The van der Waals surface area contributed by atoms with E-state index in [1.807, 2.05) is 6.92 Å². The lowest BCUT2D eigenvalue weighted by atomic mass is 10.2. The van der Waals surface area contributed by atoms with Gasteiger partial charge in [-0.15, -0.1) is 24.0 Å². The number of carbonyl (C=O) groups is 1. The van der Waals surface area contributed by atoms with E-state index in [4.69, 9.17) is 4.74 Å². The van der Waals surface area contributed by atoms with Crippen LogP contribution in [0.2, 0.25) is 0 Å². The lowest BCUT2D eigenvalue weighted by molar-refractivity contribution is 0.0954.